The molecule has 0 heterocycles. The lowest BCUT2D eigenvalue weighted by atomic mass is 10.1. The van der Waals surface area contributed by atoms with Gasteiger partial charge >= 0.3 is 0 Å². The molecule has 0 aromatic heterocycles. The molecule has 0 atom stereocenters. The molecule has 0 amide bonds. The van der Waals surface area contributed by atoms with E-state index >= 15 is 0 Å². The lowest BCUT2D eigenvalue weighted by molar-refractivity contribution is 1.37. The van der Waals surface area contributed by atoms with Gasteiger partial charge < -0.3 is 5.32 Å². The van der Waals surface area contributed by atoms with Crippen molar-refractivity contribution in [2.45, 2.75) is 13.8 Å². The quantitative estimate of drug-likeness (QED) is 0.836. The maximum absolute atomic E-state index is 8.84. The summed E-state index contributed by atoms with van der Waals surface area (Å²) in [6, 6.07) is 15.9. The molecule has 2 aromatic carbocycles. The average molecular weight is 222 g/mol. The number of benzene rings is 2. The highest BCUT2D eigenvalue weighted by atomic mass is 14.9. The summed E-state index contributed by atoms with van der Waals surface area (Å²) in [6.07, 6.45) is 0. The predicted molar refractivity (Wildman–Crippen MR) is 70.4 cm³/mol. The van der Waals surface area contributed by atoms with Gasteiger partial charge in [0, 0.05) is 11.4 Å². The van der Waals surface area contributed by atoms with E-state index < -0.39 is 0 Å². The van der Waals surface area contributed by atoms with Crippen molar-refractivity contribution in [2.24, 2.45) is 0 Å². The summed E-state index contributed by atoms with van der Waals surface area (Å²) in [4.78, 5) is 0. The van der Waals surface area contributed by atoms with Crippen LogP contribution in [0.4, 0.5) is 11.4 Å². The van der Waals surface area contributed by atoms with E-state index in [-0.39, 0.29) is 0 Å². The Kier molecular flexibility index (Phi) is 3.11. The fourth-order valence-electron chi connectivity index (χ4n) is 1.88. The molecule has 0 aliphatic heterocycles. The molecule has 2 heteroatoms. The fraction of sp³-hybridized carbons (Fsp3) is 0.133. The molecule has 0 bridgehead atoms. The molecule has 0 aliphatic rings. The van der Waals surface area contributed by atoms with Gasteiger partial charge in [0.15, 0.2) is 0 Å². The van der Waals surface area contributed by atoms with Crippen molar-refractivity contribution in [3.8, 4) is 6.07 Å². The summed E-state index contributed by atoms with van der Waals surface area (Å²) in [6.45, 7) is 4.15. The van der Waals surface area contributed by atoms with Crippen molar-refractivity contribution >= 4 is 11.4 Å². The van der Waals surface area contributed by atoms with E-state index in [0.717, 1.165) is 11.4 Å². The number of nitrogens with one attached hydrogen (secondary N) is 1. The smallest absolute Gasteiger partial charge is 0.0992 e. The number of nitrogens with zero attached hydrogens (tertiary/aromatic N) is 1. The molecule has 0 radical (unpaired) electrons. The summed E-state index contributed by atoms with van der Waals surface area (Å²) in [5.74, 6) is 0. The Hall–Kier alpha value is -2.27. The first kappa shape index (κ1) is 11.2. The van der Waals surface area contributed by atoms with Gasteiger partial charge in [-0.3, -0.25) is 0 Å². The Morgan fingerprint density at radius 2 is 1.65 bits per heavy atom. The third kappa shape index (κ3) is 2.85. The van der Waals surface area contributed by atoms with Crippen LogP contribution in [0.1, 0.15) is 16.7 Å². The number of rotatable bonds is 2. The number of aryl methyl sites for hydroxylation is 2. The van der Waals surface area contributed by atoms with Crippen molar-refractivity contribution in [1.29, 1.82) is 5.26 Å². The Morgan fingerprint density at radius 1 is 0.941 bits per heavy atom. The fourth-order valence-corrected chi connectivity index (χ4v) is 1.88. The zero-order valence-corrected chi connectivity index (χ0v) is 9.99. The average Bonchev–Trinajstić information content (AvgIpc) is 2.28. The second kappa shape index (κ2) is 4.71. The minimum Gasteiger partial charge on any atom is -0.355 e. The van der Waals surface area contributed by atoms with E-state index in [2.05, 4.69) is 43.4 Å². The zero-order valence-electron chi connectivity index (χ0n) is 9.99. The molecule has 0 saturated heterocycles. The third-order valence-corrected chi connectivity index (χ3v) is 2.50. The molecule has 1 N–H and O–H groups in total. The molecule has 2 rings (SSSR count). The van der Waals surface area contributed by atoms with Gasteiger partial charge in [0.1, 0.15) is 0 Å². The molecular formula is C15H14N2. The van der Waals surface area contributed by atoms with Crippen molar-refractivity contribution < 1.29 is 0 Å². The standard InChI is InChI=1S/C15H14N2/c1-11-6-12(2)8-15(7-11)17-14-5-3-4-13(9-14)10-16/h3-9,17H,1-2H3. The van der Waals surface area contributed by atoms with Crippen LogP contribution in [0.3, 0.4) is 0 Å². The van der Waals surface area contributed by atoms with Crippen LogP contribution in [-0.4, -0.2) is 0 Å². The van der Waals surface area contributed by atoms with Crippen LogP contribution < -0.4 is 5.32 Å². The van der Waals surface area contributed by atoms with Gasteiger partial charge in [0.2, 0.25) is 0 Å². The molecular weight excluding hydrogens is 208 g/mol. The van der Waals surface area contributed by atoms with Crippen LogP contribution in [0.2, 0.25) is 0 Å². The second-order valence-corrected chi connectivity index (χ2v) is 4.19. The van der Waals surface area contributed by atoms with E-state index in [4.69, 9.17) is 5.26 Å². The van der Waals surface area contributed by atoms with Crippen LogP contribution in [0.5, 0.6) is 0 Å². The predicted octanol–water partition coefficient (Wildman–Crippen LogP) is 3.92. The van der Waals surface area contributed by atoms with Crippen LogP contribution >= 0.6 is 0 Å². The molecule has 84 valence electrons. The topological polar surface area (TPSA) is 35.8 Å². The summed E-state index contributed by atoms with van der Waals surface area (Å²) in [7, 11) is 0. The summed E-state index contributed by atoms with van der Waals surface area (Å²) < 4.78 is 0. The van der Waals surface area contributed by atoms with Gasteiger partial charge in [-0.25, -0.2) is 0 Å². The Morgan fingerprint density at radius 3 is 2.29 bits per heavy atom. The van der Waals surface area contributed by atoms with Crippen molar-refractivity contribution in [1.82, 2.24) is 0 Å². The number of anilines is 2. The minimum absolute atomic E-state index is 0.666. The molecule has 0 saturated carbocycles. The minimum atomic E-state index is 0.666. The Balaban J connectivity index is 2.28. The first-order chi connectivity index (χ1) is 8.17. The van der Waals surface area contributed by atoms with Gasteiger partial charge in [0.05, 0.1) is 11.6 Å². The van der Waals surface area contributed by atoms with E-state index in [0.29, 0.717) is 5.56 Å². The van der Waals surface area contributed by atoms with Gasteiger partial charge in [-0.05, 0) is 55.3 Å². The SMILES string of the molecule is Cc1cc(C)cc(Nc2cccc(C#N)c2)c1. The lowest BCUT2D eigenvalue weighted by Gasteiger charge is -2.08. The van der Waals surface area contributed by atoms with Crippen molar-refractivity contribution in [2.75, 3.05) is 5.32 Å². The summed E-state index contributed by atoms with van der Waals surface area (Å²) in [5.41, 5.74) is 5.11. The molecule has 2 aromatic rings. The highest BCUT2D eigenvalue weighted by Crippen LogP contribution is 2.20. The summed E-state index contributed by atoms with van der Waals surface area (Å²) >= 11 is 0. The number of hydrogen-bond donors (Lipinski definition) is 1. The zero-order chi connectivity index (χ0) is 12.3. The lowest BCUT2D eigenvalue weighted by Crippen LogP contribution is -1.92. The maximum atomic E-state index is 8.84. The van der Waals surface area contributed by atoms with E-state index in [1.165, 1.54) is 11.1 Å². The molecule has 0 spiro atoms. The normalized spacial score (nSPS) is 9.71. The van der Waals surface area contributed by atoms with Crippen molar-refractivity contribution in [3.05, 3.63) is 59.2 Å². The van der Waals surface area contributed by atoms with Crippen LogP contribution in [0.15, 0.2) is 42.5 Å². The highest BCUT2D eigenvalue weighted by molar-refractivity contribution is 5.62. The maximum Gasteiger partial charge on any atom is 0.0992 e. The first-order valence-electron chi connectivity index (χ1n) is 5.53. The van der Waals surface area contributed by atoms with Crippen molar-refractivity contribution in [3.63, 3.8) is 0 Å². The van der Waals surface area contributed by atoms with Crippen LogP contribution in [0.25, 0.3) is 0 Å². The number of nitriles is 1. The summed E-state index contributed by atoms with van der Waals surface area (Å²) in [5, 5.41) is 12.1. The first-order valence-corrected chi connectivity index (χ1v) is 5.53. The van der Waals surface area contributed by atoms with Gasteiger partial charge in [-0.1, -0.05) is 12.1 Å². The number of hydrogen-bond acceptors (Lipinski definition) is 2. The van der Waals surface area contributed by atoms with E-state index in [9.17, 15) is 0 Å². The molecule has 0 unspecified atom stereocenters. The van der Waals surface area contributed by atoms with Gasteiger partial charge in [-0.15, -0.1) is 0 Å². The van der Waals surface area contributed by atoms with E-state index in [1.54, 1.807) is 6.07 Å². The Labute approximate surface area is 102 Å². The Bertz CT molecular complexity index is 559. The highest BCUT2D eigenvalue weighted by Gasteiger charge is 1.98. The molecule has 2 nitrogen and oxygen atoms in total. The van der Waals surface area contributed by atoms with Crippen LogP contribution in [0, 0.1) is 25.2 Å². The molecule has 0 fully saturated rings. The monoisotopic (exact) mass is 222 g/mol. The third-order valence-electron chi connectivity index (χ3n) is 2.50. The molecule has 0 aliphatic carbocycles. The van der Waals surface area contributed by atoms with Gasteiger partial charge in [0.25, 0.3) is 0 Å². The molecule has 17 heavy (non-hydrogen) atoms. The largest absolute Gasteiger partial charge is 0.355 e. The second-order valence-electron chi connectivity index (χ2n) is 4.19. The van der Waals surface area contributed by atoms with Crippen LogP contribution in [-0.2, 0) is 0 Å². The van der Waals surface area contributed by atoms with Gasteiger partial charge in [-0.2, -0.15) is 5.26 Å². The van der Waals surface area contributed by atoms with E-state index in [1.807, 2.05) is 18.2 Å².